The Labute approximate surface area is 86.4 Å². The lowest BCUT2D eigenvalue weighted by atomic mass is 10.1. The maximum Gasteiger partial charge on any atom is 0.0608 e. The van der Waals surface area contributed by atoms with Crippen LogP contribution in [0.3, 0.4) is 0 Å². The van der Waals surface area contributed by atoms with E-state index in [-0.39, 0.29) is 0 Å². The zero-order valence-corrected chi connectivity index (χ0v) is 8.78. The molecule has 0 spiro atoms. The molecule has 1 rings (SSSR count). The Kier molecular flexibility index (Phi) is 5.02. The van der Waals surface area contributed by atoms with Crippen LogP contribution in [0.4, 0.5) is 0 Å². The van der Waals surface area contributed by atoms with E-state index in [9.17, 15) is 0 Å². The highest BCUT2D eigenvalue weighted by molar-refractivity contribution is 5.14. The highest BCUT2D eigenvalue weighted by atomic mass is 16.5. The standard InChI is InChI=1S/C13H18O/c1-3-7-13(14-2)11-10-12-8-5-4-6-9-12/h3-6,8-9,13H,1,7,10-11H2,2H3. The Morgan fingerprint density at radius 1 is 1.36 bits per heavy atom. The lowest BCUT2D eigenvalue weighted by molar-refractivity contribution is 0.0981. The van der Waals surface area contributed by atoms with Crippen LogP contribution in [0.15, 0.2) is 43.0 Å². The second-order valence-corrected chi connectivity index (χ2v) is 3.41. The van der Waals surface area contributed by atoms with Crippen LogP contribution in [-0.2, 0) is 11.2 Å². The van der Waals surface area contributed by atoms with Crippen molar-refractivity contribution in [2.24, 2.45) is 0 Å². The van der Waals surface area contributed by atoms with Crippen LogP contribution in [-0.4, -0.2) is 13.2 Å². The van der Waals surface area contributed by atoms with Gasteiger partial charge in [-0.25, -0.2) is 0 Å². The highest BCUT2D eigenvalue weighted by Gasteiger charge is 2.04. The number of rotatable bonds is 6. The van der Waals surface area contributed by atoms with Crippen molar-refractivity contribution in [1.82, 2.24) is 0 Å². The van der Waals surface area contributed by atoms with Gasteiger partial charge in [-0.1, -0.05) is 36.4 Å². The summed E-state index contributed by atoms with van der Waals surface area (Å²) < 4.78 is 5.34. The first kappa shape index (κ1) is 11.0. The number of benzene rings is 1. The number of ether oxygens (including phenoxy) is 1. The molecule has 0 N–H and O–H groups in total. The predicted molar refractivity (Wildman–Crippen MR) is 60.4 cm³/mol. The first-order chi connectivity index (χ1) is 6.86. The third-order valence-corrected chi connectivity index (χ3v) is 2.36. The second kappa shape index (κ2) is 6.39. The Bertz CT molecular complexity index is 253. The zero-order valence-electron chi connectivity index (χ0n) is 8.78. The van der Waals surface area contributed by atoms with Gasteiger partial charge in [-0.2, -0.15) is 0 Å². The molecule has 0 amide bonds. The third-order valence-electron chi connectivity index (χ3n) is 2.36. The lowest BCUT2D eigenvalue weighted by Crippen LogP contribution is -2.10. The normalized spacial score (nSPS) is 12.4. The number of methoxy groups -OCH3 is 1. The first-order valence-corrected chi connectivity index (χ1v) is 5.04. The van der Waals surface area contributed by atoms with Gasteiger partial charge in [-0.05, 0) is 24.8 Å². The van der Waals surface area contributed by atoms with E-state index < -0.39 is 0 Å². The van der Waals surface area contributed by atoms with Gasteiger partial charge in [0.25, 0.3) is 0 Å². The van der Waals surface area contributed by atoms with E-state index in [4.69, 9.17) is 4.74 Å². The lowest BCUT2D eigenvalue weighted by Gasteiger charge is -2.12. The average molecular weight is 190 g/mol. The van der Waals surface area contributed by atoms with Gasteiger partial charge >= 0.3 is 0 Å². The molecule has 14 heavy (non-hydrogen) atoms. The van der Waals surface area contributed by atoms with Gasteiger partial charge in [0.15, 0.2) is 0 Å². The molecule has 0 aliphatic heterocycles. The maximum atomic E-state index is 5.34. The molecule has 0 radical (unpaired) electrons. The van der Waals surface area contributed by atoms with Gasteiger partial charge in [-0.3, -0.25) is 0 Å². The molecule has 0 aromatic heterocycles. The van der Waals surface area contributed by atoms with Crippen molar-refractivity contribution < 1.29 is 4.74 Å². The summed E-state index contributed by atoms with van der Waals surface area (Å²) in [6.07, 6.45) is 5.30. The molecule has 0 saturated heterocycles. The zero-order chi connectivity index (χ0) is 10.2. The average Bonchev–Trinajstić information content (AvgIpc) is 2.25. The third kappa shape index (κ3) is 3.75. The van der Waals surface area contributed by atoms with Gasteiger partial charge in [0.05, 0.1) is 6.10 Å². The summed E-state index contributed by atoms with van der Waals surface area (Å²) in [6, 6.07) is 10.5. The van der Waals surface area contributed by atoms with Gasteiger partial charge < -0.3 is 4.74 Å². The van der Waals surface area contributed by atoms with E-state index in [1.165, 1.54) is 5.56 Å². The van der Waals surface area contributed by atoms with E-state index in [2.05, 4.69) is 30.8 Å². The highest BCUT2D eigenvalue weighted by Crippen LogP contribution is 2.09. The summed E-state index contributed by atoms with van der Waals surface area (Å²) >= 11 is 0. The molecule has 0 fully saturated rings. The molecular formula is C13H18O. The van der Waals surface area contributed by atoms with Crippen LogP contribution in [0.1, 0.15) is 18.4 Å². The summed E-state index contributed by atoms with van der Waals surface area (Å²) in [5, 5.41) is 0. The molecule has 0 aliphatic rings. The first-order valence-electron chi connectivity index (χ1n) is 5.04. The van der Waals surface area contributed by atoms with Crippen molar-refractivity contribution in [2.45, 2.75) is 25.4 Å². The molecule has 1 atom stereocenters. The monoisotopic (exact) mass is 190 g/mol. The van der Waals surface area contributed by atoms with Crippen LogP contribution in [0, 0.1) is 0 Å². The smallest absolute Gasteiger partial charge is 0.0608 e. The van der Waals surface area contributed by atoms with Gasteiger partial charge in [0, 0.05) is 7.11 Å². The quantitative estimate of drug-likeness (QED) is 0.626. The second-order valence-electron chi connectivity index (χ2n) is 3.41. The van der Waals surface area contributed by atoms with Crippen LogP contribution in [0.5, 0.6) is 0 Å². The molecule has 0 saturated carbocycles. The Hall–Kier alpha value is -1.08. The largest absolute Gasteiger partial charge is 0.381 e. The van der Waals surface area contributed by atoms with Crippen LogP contribution in [0.2, 0.25) is 0 Å². The molecule has 1 heteroatoms. The topological polar surface area (TPSA) is 9.23 Å². The molecule has 76 valence electrons. The minimum absolute atomic E-state index is 0.313. The summed E-state index contributed by atoms with van der Waals surface area (Å²) in [5.41, 5.74) is 1.37. The fraction of sp³-hybridized carbons (Fsp3) is 0.385. The summed E-state index contributed by atoms with van der Waals surface area (Å²) in [7, 11) is 1.76. The molecule has 1 aromatic rings. The van der Waals surface area contributed by atoms with Crippen molar-refractivity contribution in [1.29, 1.82) is 0 Å². The van der Waals surface area contributed by atoms with E-state index in [0.29, 0.717) is 6.10 Å². The number of hydrogen-bond acceptors (Lipinski definition) is 1. The molecule has 0 heterocycles. The van der Waals surface area contributed by atoms with Crippen molar-refractivity contribution in [3.8, 4) is 0 Å². The molecule has 1 aromatic carbocycles. The number of hydrogen-bond donors (Lipinski definition) is 0. The summed E-state index contributed by atoms with van der Waals surface area (Å²) in [6.45, 7) is 3.72. The van der Waals surface area contributed by atoms with Gasteiger partial charge in [0.2, 0.25) is 0 Å². The van der Waals surface area contributed by atoms with Crippen molar-refractivity contribution in [3.63, 3.8) is 0 Å². The fourth-order valence-corrected chi connectivity index (χ4v) is 1.49. The Balaban J connectivity index is 2.35. The minimum atomic E-state index is 0.313. The van der Waals surface area contributed by atoms with E-state index in [0.717, 1.165) is 19.3 Å². The van der Waals surface area contributed by atoms with Crippen molar-refractivity contribution in [2.75, 3.05) is 7.11 Å². The van der Waals surface area contributed by atoms with Crippen molar-refractivity contribution >= 4 is 0 Å². The fourth-order valence-electron chi connectivity index (χ4n) is 1.49. The SMILES string of the molecule is C=CCC(CCc1ccccc1)OC. The van der Waals surface area contributed by atoms with Crippen LogP contribution >= 0.6 is 0 Å². The van der Waals surface area contributed by atoms with Gasteiger partial charge in [-0.15, -0.1) is 6.58 Å². The molecule has 1 nitrogen and oxygen atoms in total. The van der Waals surface area contributed by atoms with E-state index >= 15 is 0 Å². The maximum absolute atomic E-state index is 5.34. The predicted octanol–water partition coefficient (Wildman–Crippen LogP) is 3.21. The summed E-state index contributed by atoms with van der Waals surface area (Å²) in [4.78, 5) is 0. The Morgan fingerprint density at radius 2 is 2.07 bits per heavy atom. The Morgan fingerprint density at radius 3 is 2.64 bits per heavy atom. The molecule has 0 aliphatic carbocycles. The van der Waals surface area contributed by atoms with E-state index in [1.807, 2.05) is 12.1 Å². The molecule has 1 unspecified atom stereocenters. The molecule has 0 bridgehead atoms. The van der Waals surface area contributed by atoms with E-state index in [1.54, 1.807) is 7.11 Å². The minimum Gasteiger partial charge on any atom is -0.381 e. The van der Waals surface area contributed by atoms with Crippen molar-refractivity contribution in [3.05, 3.63) is 48.6 Å². The van der Waals surface area contributed by atoms with Gasteiger partial charge in [0.1, 0.15) is 0 Å². The summed E-state index contributed by atoms with van der Waals surface area (Å²) in [5.74, 6) is 0. The van der Waals surface area contributed by atoms with Crippen LogP contribution < -0.4 is 0 Å². The number of aryl methyl sites for hydroxylation is 1. The molecular weight excluding hydrogens is 172 g/mol. The van der Waals surface area contributed by atoms with Crippen LogP contribution in [0.25, 0.3) is 0 Å².